The Morgan fingerprint density at radius 3 is 2.67 bits per heavy atom. The Morgan fingerprint density at radius 2 is 2.00 bits per heavy atom. The number of nitrogens with one attached hydrogen (secondary N) is 1. The summed E-state index contributed by atoms with van der Waals surface area (Å²) in [6.45, 7) is 2.10. The summed E-state index contributed by atoms with van der Waals surface area (Å²) in [7, 11) is 1.99. The van der Waals surface area contributed by atoms with Crippen LogP contribution in [0.4, 0.5) is 0 Å². The van der Waals surface area contributed by atoms with Crippen LogP contribution in [-0.4, -0.2) is 13.2 Å². The molecule has 1 saturated carbocycles. The second-order valence-electron chi connectivity index (χ2n) is 5.64. The van der Waals surface area contributed by atoms with E-state index in [9.17, 15) is 0 Å². The smallest absolute Gasteiger partial charge is 0.120 e. The molecule has 110 valence electrons. The predicted octanol–water partition coefficient (Wildman–Crippen LogP) is 4.61. The molecule has 2 aromatic carbocycles. The van der Waals surface area contributed by atoms with Gasteiger partial charge in [0.2, 0.25) is 0 Å². The molecular weight excluding hydrogens is 326 g/mol. The molecule has 0 spiro atoms. The van der Waals surface area contributed by atoms with Gasteiger partial charge in [-0.05, 0) is 61.7 Å². The van der Waals surface area contributed by atoms with E-state index in [1.807, 2.05) is 13.1 Å². The molecule has 0 aliphatic heterocycles. The summed E-state index contributed by atoms with van der Waals surface area (Å²) in [5.74, 6) is 0.971. The van der Waals surface area contributed by atoms with Crippen LogP contribution in [0, 0.1) is 6.92 Å². The lowest BCUT2D eigenvalue weighted by atomic mass is 9.98. The third-order valence-corrected chi connectivity index (χ3v) is 4.46. The third-order valence-electron chi connectivity index (χ3n) is 3.77. The second-order valence-corrected chi connectivity index (χ2v) is 6.49. The fourth-order valence-corrected chi connectivity index (χ4v) is 3.24. The van der Waals surface area contributed by atoms with Gasteiger partial charge in [-0.3, -0.25) is 0 Å². The van der Waals surface area contributed by atoms with Gasteiger partial charge in [0.05, 0.1) is 12.1 Å². The highest BCUT2D eigenvalue weighted by Crippen LogP contribution is 2.32. The average molecular weight is 346 g/mol. The summed E-state index contributed by atoms with van der Waals surface area (Å²) >= 11 is 3.68. The van der Waals surface area contributed by atoms with Crippen LogP contribution in [0.15, 0.2) is 46.9 Å². The fraction of sp³-hybridized carbons (Fsp3) is 0.333. The maximum Gasteiger partial charge on any atom is 0.120 e. The van der Waals surface area contributed by atoms with E-state index in [1.165, 1.54) is 29.5 Å². The molecule has 1 unspecified atom stereocenters. The third kappa shape index (κ3) is 3.47. The van der Waals surface area contributed by atoms with Crippen LogP contribution in [0.2, 0.25) is 0 Å². The van der Waals surface area contributed by atoms with Crippen molar-refractivity contribution in [2.75, 3.05) is 7.05 Å². The summed E-state index contributed by atoms with van der Waals surface area (Å²) in [6.07, 6.45) is 2.80. The monoisotopic (exact) mass is 345 g/mol. The Hall–Kier alpha value is -1.32. The van der Waals surface area contributed by atoms with Gasteiger partial charge in [0, 0.05) is 4.47 Å². The van der Waals surface area contributed by atoms with Crippen molar-refractivity contribution in [1.29, 1.82) is 0 Å². The van der Waals surface area contributed by atoms with Crippen molar-refractivity contribution in [3.8, 4) is 5.75 Å². The largest absolute Gasteiger partial charge is 0.490 e. The molecule has 0 heterocycles. The average Bonchev–Trinajstić information content (AvgIpc) is 3.26. The van der Waals surface area contributed by atoms with Crippen LogP contribution in [0.1, 0.15) is 35.6 Å². The molecule has 0 aromatic heterocycles. The van der Waals surface area contributed by atoms with Crippen LogP contribution < -0.4 is 10.1 Å². The minimum atomic E-state index is 0.155. The zero-order valence-electron chi connectivity index (χ0n) is 12.4. The molecule has 3 rings (SSSR count). The molecule has 1 N–H and O–H groups in total. The van der Waals surface area contributed by atoms with Crippen LogP contribution in [-0.2, 0) is 0 Å². The van der Waals surface area contributed by atoms with E-state index in [0.717, 1.165) is 10.2 Å². The lowest BCUT2D eigenvalue weighted by Gasteiger charge is -2.20. The van der Waals surface area contributed by atoms with Gasteiger partial charge in [0.1, 0.15) is 5.75 Å². The van der Waals surface area contributed by atoms with E-state index in [4.69, 9.17) is 4.74 Å². The first-order valence-electron chi connectivity index (χ1n) is 7.37. The number of halogens is 1. The maximum atomic E-state index is 5.91. The van der Waals surface area contributed by atoms with E-state index >= 15 is 0 Å². The first-order chi connectivity index (χ1) is 10.2. The molecule has 2 aromatic rings. The van der Waals surface area contributed by atoms with Crippen molar-refractivity contribution in [3.05, 3.63) is 63.6 Å². The van der Waals surface area contributed by atoms with Gasteiger partial charge < -0.3 is 10.1 Å². The Morgan fingerprint density at radius 1 is 1.19 bits per heavy atom. The molecule has 0 amide bonds. The first kappa shape index (κ1) is 14.6. The van der Waals surface area contributed by atoms with Crippen LogP contribution in [0.3, 0.4) is 0 Å². The minimum absolute atomic E-state index is 0.155. The summed E-state index contributed by atoms with van der Waals surface area (Å²) in [5, 5.41) is 3.41. The molecule has 2 nitrogen and oxygen atoms in total. The predicted molar refractivity (Wildman–Crippen MR) is 89.9 cm³/mol. The van der Waals surface area contributed by atoms with Gasteiger partial charge >= 0.3 is 0 Å². The summed E-state index contributed by atoms with van der Waals surface area (Å²) in [6, 6.07) is 15.0. The van der Waals surface area contributed by atoms with Crippen molar-refractivity contribution in [3.63, 3.8) is 0 Å². The molecule has 1 aliphatic rings. The van der Waals surface area contributed by atoms with Crippen LogP contribution in [0.25, 0.3) is 0 Å². The number of hydrogen-bond acceptors (Lipinski definition) is 2. The van der Waals surface area contributed by atoms with E-state index in [-0.39, 0.29) is 6.04 Å². The van der Waals surface area contributed by atoms with Crippen molar-refractivity contribution >= 4 is 15.9 Å². The highest BCUT2D eigenvalue weighted by molar-refractivity contribution is 9.10. The SMILES string of the molecule is CNC(c1cccc(OC2CC2)c1)c1ccc(C)cc1Br. The quantitative estimate of drug-likeness (QED) is 0.854. The lowest BCUT2D eigenvalue weighted by molar-refractivity contribution is 0.302. The molecule has 0 bridgehead atoms. The molecule has 0 radical (unpaired) electrons. The van der Waals surface area contributed by atoms with E-state index in [1.54, 1.807) is 0 Å². The number of benzene rings is 2. The molecule has 1 fully saturated rings. The molecule has 21 heavy (non-hydrogen) atoms. The van der Waals surface area contributed by atoms with Gasteiger partial charge in [-0.15, -0.1) is 0 Å². The van der Waals surface area contributed by atoms with E-state index in [2.05, 4.69) is 64.6 Å². The fourth-order valence-electron chi connectivity index (χ4n) is 2.51. The van der Waals surface area contributed by atoms with Gasteiger partial charge in [0.25, 0.3) is 0 Å². The summed E-state index contributed by atoms with van der Waals surface area (Å²) in [4.78, 5) is 0. The van der Waals surface area contributed by atoms with Crippen molar-refractivity contribution in [2.45, 2.75) is 31.9 Å². The van der Waals surface area contributed by atoms with Gasteiger partial charge in [0.15, 0.2) is 0 Å². The van der Waals surface area contributed by atoms with E-state index < -0.39 is 0 Å². The minimum Gasteiger partial charge on any atom is -0.490 e. The molecular formula is C18H20BrNO. The topological polar surface area (TPSA) is 21.3 Å². The number of rotatable bonds is 5. The zero-order chi connectivity index (χ0) is 14.8. The lowest BCUT2D eigenvalue weighted by Crippen LogP contribution is -2.18. The van der Waals surface area contributed by atoms with Gasteiger partial charge in [-0.2, -0.15) is 0 Å². The molecule has 1 aliphatic carbocycles. The Labute approximate surface area is 134 Å². The standard InChI is InChI=1S/C18H20BrNO/c1-12-6-9-16(17(19)10-12)18(20-2)13-4-3-5-15(11-13)21-14-7-8-14/h3-6,9-11,14,18,20H,7-8H2,1-2H3. The van der Waals surface area contributed by atoms with Gasteiger partial charge in [-0.25, -0.2) is 0 Å². The second kappa shape index (κ2) is 6.20. The summed E-state index contributed by atoms with van der Waals surface area (Å²) in [5.41, 5.74) is 3.72. The molecule has 1 atom stereocenters. The normalized spacial score (nSPS) is 15.8. The first-order valence-corrected chi connectivity index (χ1v) is 8.16. The molecule has 0 saturated heterocycles. The Balaban J connectivity index is 1.91. The highest BCUT2D eigenvalue weighted by atomic mass is 79.9. The highest BCUT2D eigenvalue weighted by Gasteiger charge is 2.24. The Kier molecular flexibility index (Phi) is 4.32. The van der Waals surface area contributed by atoms with Crippen molar-refractivity contribution < 1.29 is 4.74 Å². The van der Waals surface area contributed by atoms with E-state index in [0.29, 0.717) is 6.10 Å². The molecule has 3 heteroatoms. The number of aryl methyl sites for hydroxylation is 1. The Bertz CT molecular complexity index is 637. The number of hydrogen-bond donors (Lipinski definition) is 1. The maximum absolute atomic E-state index is 5.91. The van der Waals surface area contributed by atoms with Crippen LogP contribution in [0.5, 0.6) is 5.75 Å². The summed E-state index contributed by atoms with van der Waals surface area (Å²) < 4.78 is 7.04. The number of ether oxygens (including phenoxy) is 1. The zero-order valence-corrected chi connectivity index (χ0v) is 14.0. The van der Waals surface area contributed by atoms with Gasteiger partial charge in [-0.1, -0.05) is 40.2 Å². The van der Waals surface area contributed by atoms with Crippen LogP contribution >= 0.6 is 15.9 Å². The van der Waals surface area contributed by atoms with Crippen molar-refractivity contribution in [1.82, 2.24) is 5.32 Å². The van der Waals surface area contributed by atoms with Crippen molar-refractivity contribution in [2.24, 2.45) is 0 Å².